The van der Waals surface area contributed by atoms with Crippen LogP contribution in [0.5, 0.6) is 0 Å². The third kappa shape index (κ3) is 7.72. The summed E-state index contributed by atoms with van der Waals surface area (Å²) in [7, 11) is -3.53. The normalized spacial score (nSPS) is 13.7. The molecule has 13 nitrogen and oxygen atoms in total. The van der Waals surface area contributed by atoms with Crippen LogP contribution in [0.4, 0.5) is 22.1 Å². The Morgan fingerprint density at radius 3 is 2.49 bits per heavy atom. The molecular formula is C23H27N7O6S. The largest absolute Gasteiger partial charge is 0.378 e. The highest BCUT2D eigenvalue weighted by Crippen LogP contribution is 2.24. The van der Waals surface area contributed by atoms with Gasteiger partial charge < -0.3 is 24.8 Å². The highest BCUT2D eigenvalue weighted by atomic mass is 32.2. The van der Waals surface area contributed by atoms with Crippen molar-refractivity contribution in [2.45, 2.75) is 12.7 Å². The quantitative estimate of drug-likeness (QED) is 0.371. The lowest BCUT2D eigenvalue weighted by Crippen LogP contribution is -2.37. The number of carbonyl (C=O) groups is 2. The molecule has 14 heteroatoms. The first-order chi connectivity index (χ1) is 17.8. The lowest BCUT2D eigenvalue weighted by Gasteiger charge is -2.28. The predicted octanol–water partition coefficient (Wildman–Crippen LogP) is 1.66. The van der Waals surface area contributed by atoms with E-state index in [2.05, 4.69) is 35.6 Å². The molecule has 1 aliphatic heterocycles. The fraction of sp³-hybridized carbons (Fsp3) is 0.348. The van der Waals surface area contributed by atoms with Gasteiger partial charge in [-0.05, 0) is 24.3 Å². The maximum absolute atomic E-state index is 12.7. The van der Waals surface area contributed by atoms with E-state index in [4.69, 9.17) is 4.74 Å². The second-order valence-electron chi connectivity index (χ2n) is 8.26. The van der Waals surface area contributed by atoms with Crippen molar-refractivity contribution in [3.8, 4) is 11.4 Å². The first kappa shape index (κ1) is 26.0. The van der Waals surface area contributed by atoms with Crippen molar-refractivity contribution in [1.29, 1.82) is 0 Å². The number of rotatable bonds is 9. The summed E-state index contributed by atoms with van der Waals surface area (Å²) in [6.07, 6.45) is 1.35. The number of urea groups is 1. The molecule has 0 atom stereocenters. The zero-order valence-electron chi connectivity index (χ0n) is 20.1. The topological polar surface area (TPSA) is 169 Å². The molecule has 3 amide bonds. The average molecular weight is 530 g/mol. The van der Waals surface area contributed by atoms with Gasteiger partial charge in [0.2, 0.25) is 5.91 Å². The molecule has 4 rings (SSSR count). The van der Waals surface area contributed by atoms with Crippen molar-refractivity contribution in [2.24, 2.45) is 0 Å². The first-order valence-corrected chi connectivity index (χ1v) is 13.3. The standard InChI is InChI=1S/C23H27N7O6S/c1-16(31)24-7-13-37(33,34)15-19-14-21(30-8-11-35-12-9-30)28-22(25-19)17-2-4-18(5-3-17)26-23(32)27-20-6-10-36-29-20/h2-6,10,14H,7-9,11-13,15H2,1H3,(H,24,31)(H2,26,27,29,32). The third-order valence-electron chi connectivity index (χ3n) is 5.34. The number of hydrogen-bond donors (Lipinski definition) is 3. The summed E-state index contributed by atoms with van der Waals surface area (Å²) in [6, 6.07) is 9.55. The zero-order chi connectivity index (χ0) is 26.3. The fourth-order valence-electron chi connectivity index (χ4n) is 3.58. The molecular weight excluding hydrogens is 502 g/mol. The van der Waals surface area contributed by atoms with Gasteiger partial charge in [0.25, 0.3) is 0 Å². The number of ether oxygens (including phenoxy) is 1. The molecule has 3 aromatic rings. The van der Waals surface area contributed by atoms with E-state index in [9.17, 15) is 18.0 Å². The highest BCUT2D eigenvalue weighted by molar-refractivity contribution is 7.90. The molecule has 0 bridgehead atoms. The number of anilines is 3. The average Bonchev–Trinajstić information content (AvgIpc) is 3.37. The number of hydrogen-bond acceptors (Lipinski definition) is 10. The van der Waals surface area contributed by atoms with Gasteiger partial charge in [0.05, 0.1) is 30.4 Å². The van der Waals surface area contributed by atoms with Crippen LogP contribution < -0.4 is 20.9 Å². The molecule has 1 saturated heterocycles. The van der Waals surface area contributed by atoms with E-state index < -0.39 is 15.9 Å². The summed E-state index contributed by atoms with van der Waals surface area (Å²) in [6.45, 7) is 3.69. The van der Waals surface area contributed by atoms with Crippen LogP contribution in [0.3, 0.4) is 0 Å². The number of amides is 3. The zero-order valence-corrected chi connectivity index (χ0v) is 21.0. The molecule has 1 fully saturated rings. The van der Waals surface area contributed by atoms with Crippen LogP contribution in [0.25, 0.3) is 11.4 Å². The molecule has 3 heterocycles. The Balaban J connectivity index is 1.53. The SMILES string of the molecule is CC(=O)NCCS(=O)(=O)Cc1cc(N2CCOCC2)nc(-c2ccc(NC(=O)Nc3ccon3)cc2)n1. The minimum Gasteiger partial charge on any atom is -0.378 e. The summed E-state index contributed by atoms with van der Waals surface area (Å²) in [5.41, 5.74) is 1.52. The van der Waals surface area contributed by atoms with Gasteiger partial charge in [-0.3, -0.25) is 10.1 Å². The lowest BCUT2D eigenvalue weighted by atomic mass is 10.2. The number of carbonyl (C=O) groups excluding carboxylic acids is 2. The van der Waals surface area contributed by atoms with Crippen LogP contribution >= 0.6 is 0 Å². The summed E-state index contributed by atoms with van der Waals surface area (Å²) in [4.78, 5) is 34.4. The fourth-order valence-corrected chi connectivity index (χ4v) is 4.73. The van der Waals surface area contributed by atoms with E-state index in [1.54, 1.807) is 30.3 Å². The minimum absolute atomic E-state index is 0.0324. The number of sulfone groups is 1. The van der Waals surface area contributed by atoms with Crippen molar-refractivity contribution < 1.29 is 27.3 Å². The smallest absolute Gasteiger partial charge is 0.324 e. The molecule has 196 valence electrons. The number of nitrogens with zero attached hydrogens (tertiary/aromatic N) is 4. The Morgan fingerprint density at radius 1 is 1.05 bits per heavy atom. The third-order valence-corrected chi connectivity index (χ3v) is 6.90. The Bertz CT molecular complexity index is 1320. The molecule has 0 aliphatic carbocycles. The van der Waals surface area contributed by atoms with E-state index in [1.165, 1.54) is 19.3 Å². The molecule has 3 N–H and O–H groups in total. The van der Waals surface area contributed by atoms with E-state index in [1.807, 2.05) is 4.90 Å². The van der Waals surface area contributed by atoms with Crippen molar-refractivity contribution >= 4 is 39.1 Å². The van der Waals surface area contributed by atoms with Gasteiger partial charge >= 0.3 is 6.03 Å². The molecule has 0 radical (unpaired) electrons. The van der Waals surface area contributed by atoms with Crippen LogP contribution in [-0.2, 0) is 25.1 Å². The van der Waals surface area contributed by atoms with Gasteiger partial charge in [0.15, 0.2) is 21.5 Å². The molecule has 1 aliphatic rings. The van der Waals surface area contributed by atoms with Crippen LogP contribution in [0.2, 0.25) is 0 Å². The summed E-state index contributed by atoms with van der Waals surface area (Å²) in [5.74, 6) is 0.463. The van der Waals surface area contributed by atoms with Gasteiger partial charge in [0, 0.05) is 49.9 Å². The molecule has 1 aromatic carbocycles. The molecule has 2 aromatic heterocycles. The maximum atomic E-state index is 12.7. The van der Waals surface area contributed by atoms with E-state index in [0.717, 1.165) is 0 Å². The summed E-state index contributed by atoms with van der Waals surface area (Å²) >= 11 is 0. The first-order valence-electron chi connectivity index (χ1n) is 11.5. The van der Waals surface area contributed by atoms with Crippen LogP contribution in [0.15, 0.2) is 47.2 Å². The second-order valence-corrected chi connectivity index (χ2v) is 10.4. The monoisotopic (exact) mass is 529 g/mol. The van der Waals surface area contributed by atoms with Crippen molar-refractivity contribution in [1.82, 2.24) is 20.4 Å². The van der Waals surface area contributed by atoms with E-state index in [-0.39, 0.29) is 29.8 Å². The Hall–Kier alpha value is -4.04. The number of morpholine rings is 1. The Kier molecular flexibility index (Phi) is 8.30. The van der Waals surface area contributed by atoms with Crippen LogP contribution in [0.1, 0.15) is 12.6 Å². The van der Waals surface area contributed by atoms with Crippen molar-refractivity contribution in [2.75, 3.05) is 54.1 Å². The summed E-state index contributed by atoms with van der Waals surface area (Å²) in [5, 5.41) is 11.3. The van der Waals surface area contributed by atoms with Crippen molar-refractivity contribution in [3.05, 3.63) is 48.4 Å². The lowest BCUT2D eigenvalue weighted by molar-refractivity contribution is -0.118. The maximum Gasteiger partial charge on any atom is 0.324 e. The molecule has 37 heavy (non-hydrogen) atoms. The van der Waals surface area contributed by atoms with Gasteiger partial charge in [-0.25, -0.2) is 23.2 Å². The van der Waals surface area contributed by atoms with Crippen LogP contribution in [-0.4, -0.2) is 74.1 Å². The minimum atomic E-state index is -3.53. The van der Waals surface area contributed by atoms with Gasteiger partial charge in [-0.15, -0.1) is 0 Å². The number of benzene rings is 1. The predicted molar refractivity (Wildman–Crippen MR) is 136 cm³/mol. The van der Waals surface area contributed by atoms with Gasteiger partial charge in [-0.1, -0.05) is 5.16 Å². The van der Waals surface area contributed by atoms with Crippen LogP contribution in [0, 0.1) is 0 Å². The van der Waals surface area contributed by atoms with Gasteiger partial charge in [0.1, 0.15) is 12.1 Å². The van der Waals surface area contributed by atoms with Gasteiger partial charge in [-0.2, -0.15) is 0 Å². The molecule has 0 spiro atoms. The Morgan fingerprint density at radius 2 is 1.81 bits per heavy atom. The number of nitrogens with one attached hydrogen (secondary N) is 3. The van der Waals surface area contributed by atoms with Crippen molar-refractivity contribution in [3.63, 3.8) is 0 Å². The number of aromatic nitrogens is 3. The molecule has 0 unspecified atom stereocenters. The Labute approximate surface area is 213 Å². The summed E-state index contributed by atoms with van der Waals surface area (Å²) < 4.78 is 35.5. The van der Waals surface area contributed by atoms with E-state index >= 15 is 0 Å². The second kappa shape index (κ2) is 11.8. The van der Waals surface area contributed by atoms with E-state index in [0.29, 0.717) is 54.9 Å². The molecule has 0 saturated carbocycles. The highest BCUT2D eigenvalue weighted by Gasteiger charge is 2.19.